The van der Waals surface area contributed by atoms with Gasteiger partial charge in [0.05, 0.1) is 17.1 Å². The van der Waals surface area contributed by atoms with Crippen molar-refractivity contribution >= 4 is 16.9 Å². The second-order valence-electron chi connectivity index (χ2n) is 4.94. The van der Waals surface area contributed by atoms with Crippen molar-refractivity contribution in [3.05, 3.63) is 42.1 Å². The Morgan fingerprint density at radius 3 is 2.83 bits per heavy atom. The zero-order chi connectivity index (χ0) is 16.4. The summed E-state index contributed by atoms with van der Waals surface area (Å²) in [6.45, 7) is 0.398. The first-order chi connectivity index (χ1) is 10.9. The third kappa shape index (κ3) is 3.22. The summed E-state index contributed by atoms with van der Waals surface area (Å²) in [6.07, 6.45) is 0.201. The first-order valence-electron chi connectivity index (χ1n) is 6.84. The second-order valence-corrected chi connectivity index (χ2v) is 4.94. The first-order valence-corrected chi connectivity index (χ1v) is 6.84. The molecule has 120 valence electrons. The molecule has 0 spiro atoms. The summed E-state index contributed by atoms with van der Waals surface area (Å²) in [7, 11) is 1.77. The molecule has 0 saturated carbocycles. The van der Waals surface area contributed by atoms with Gasteiger partial charge in [-0.3, -0.25) is 9.67 Å². The van der Waals surface area contributed by atoms with E-state index >= 15 is 0 Å². The van der Waals surface area contributed by atoms with E-state index in [-0.39, 0.29) is 0 Å². The number of pyridine rings is 1. The Kier molecular flexibility index (Phi) is 3.85. The number of anilines is 1. The summed E-state index contributed by atoms with van der Waals surface area (Å²) >= 11 is 0. The first kappa shape index (κ1) is 15.2. The normalized spacial score (nSPS) is 11.8. The third-order valence-corrected chi connectivity index (χ3v) is 3.35. The molecule has 0 aliphatic rings. The molecule has 0 aliphatic heterocycles. The van der Waals surface area contributed by atoms with Gasteiger partial charge in [0.1, 0.15) is 12.1 Å². The molecule has 0 bridgehead atoms. The van der Waals surface area contributed by atoms with Crippen LogP contribution in [-0.4, -0.2) is 31.3 Å². The van der Waals surface area contributed by atoms with Gasteiger partial charge in [-0.1, -0.05) is 0 Å². The molecule has 3 aromatic heterocycles. The van der Waals surface area contributed by atoms with Crippen molar-refractivity contribution in [2.75, 3.05) is 11.9 Å². The highest BCUT2D eigenvalue weighted by molar-refractivity contribution is 5.85. The smallest absolute Gasteiger partial charge is 0.369 e. The Hall–Kier alpha value is -2.71. The molecule has 0 atom stereocenters. The number of fused-ring (bicyclic) bond motifs is 1. The fourth-order valence-electron chi connectivity index (χ4n) is 2.20. The Morgan fingerprint density at radius 1 is 1.22 bits per heavy atom. The van der Waals surface area contributed by atoms with Gasteiger partial charge in [-0.05, 0) is 12.1 Å². The van der Waals surface area contributed by atoms with Crippen LogP contribution in [0.25, 0.3) is 11.0 Å². The van der Waals surface area contributed by atoms with Crippen LogP contribution in [0.5, 0.6) is 0 Å². The highest BCUT2D eigenvalue weighted by Crippen LogP contribution is 2.29. The number of halogens is 3. The Bertz CT molecular complexity index is 827. The van der Waals surface area contributed by atoms with Crippen LogP contribution < -0.4 is 5.32 Å². The van der Waals surface area contributed by atoms with Crippen molar-refractivity contribution < 1.29 is 13.2 Å². The zero-order valence-electron chi connectivity index (χ0n) is 12.2. The molecule has 0 radical (unpaired) electrons. The SMILES string of the molecule is Cn1ncc2c(NCCc3cc(C(F)(F)F)ccn3)ncnc21. The fraction of sp³-hybridized carbons (Fsp3) is 0.286. The maximum Gasteiger partial charge on any atom is 0.416 e. The molecule has 9 heteroatoms. The second kappa shape index (κ2) is 5.82. The van der Waals surface area contributed by atoms with Crippen molar-refractivity contribution in [3.8, 4) is 0 Å². The quantitative estimate of drug-likeness (QED) is 0.799. The van der Waals surface area contributed by atoms with E-state index in [4.69, 9.17) is 0 Å². The van der Waals surface area contributed by atoms with Crippen LogP contribution in [-0.2, 0) is 19.6 Å². The summed E-state index contributed by atoms with van der Waals surface area (Å²) in [4.78, 5) is 12.2. The van der Waals surface area contributed by atoms with Crippen LogP contribution in [0.3, 0.4) is 0 Å². The standard InChI is InChI=1S/C14H13F3N6/c1-23-13-11(7-22-23)12(20-8-21-13)19-5-3-10-6-9(2-4-18-10)14(15,16)17/h2,4,6-8H,3,5H2,1H3,(H,19,20,21). The molecule has 23 heavy (non-hydrogen) atoms. The Morgan fingerprint density at radius 2 is 2.04 bits per heavy atom. The number of hydrogen-bond acceptors (Lipinski definition) is 5. The van der Waals surface area contributed by atoms with Crippen LogP contribution in [0.4, 0.5) is 19.0 Å². The molecule has 0 unspecified atom stereocenters. The summed E-state index contributed by atoms with van der Waals surface area (Å²) in [6, 6.07) is 2.02. The van der Waals surface area contributed by atoms with Crippen LogP contribution in [0.2, 0.25) is 0 Å². The van der Waals surface area contributed by atoms with Crippen molar-refractivity contribution in [1.29, 1.82) is 0 Å². The molecule has 0 aromatic carbocycles. The predicted molar refractivity (Wildman–Crippen MR) is 77.7 cm³/mol. The lowest BCUT2D eigenvalue weighted by Gasteiger charge is -2.09. The lowest BCUT2D eigenvalue weighted by atomic mass is 10.2. The molecule has 1 N–H and O–H groups in total. The van der Waals surface area contributed by atoms with E-state index in [1.54, 1.807) is 17.9 Å². The van der Waals surface area contributed by atoms with Crippen molar-refractivity contribution in [3.63, 3.8) is 0 Å². The molecule has 0 aliphatic carbocycles. The van der Waals surface area contributed by atoms with Gasteiger partial charge < -0.3 is 5.32 Å². The Labute approximate surface area is 129 Å². The number of rotatable bonds is 4. The lowest BCUT2D eigenvalue weighted by molar-refractivity contribution is -0.137. The number of aryl methyl sites for hydroxylation is 1. The molecule has 6 nitrogen and oxygen atoms in total. The number of aromatic nitrogens is 5. The van der Waals surface area contributed by atoms with Gasteiger partial charge in [0.2, 0.25) is 0 Å². The van der Waals surface area contributed by atoms with Gasteiger partial charge in [0.25, 0.3) is 0 Å². The molecule has 3 aromatic rings. The fourth-order valence-corrected chi connectivity index (χ4v) is 2.20. The predicted octanol–water partition coefficient (Wildman–Crippen LogP) is 2.43. The van der Waals surface area contributed by atoms with Gasteiger partial charge in [-0.25, -0.2) is 9.97 Å². The zero-order valence-corrected chi connectivity index (χ0v) is 12.2. The van der Waals surface area contributed by atoms with Gasteiger partial charge in [0, 0.05) is 31.9 Å². The van der Waals surface area contributed by atoms with Crippen molar-refractivity contribution in [2.45, 2.75) is 12.6 Å². The van der Waals surface area contributed by atoms with E-state index in [9.17, 15) is 13.2 Å². The van der Waals surface area contributed by atoms with E-state index in [1.807, 2.05) is 0 Å². The van der Waals surface area contributed by atoms with E-state index in [2.05, 4.69) is 25.4 Å². The number of hydrogen-bond donors (Lipinski definition) is 1. The maximum atomic E-state index is 12.7. The van der Waals surface area contributed by atoms with Crippen LogP contribution in [0.1, 0.15) is 11.3 Å². The molecule has 0 amide bonds. The number of alkyl halides is 3. The van der Waals surface area contributed by atoms with Gasteiger partial charge >= 0.3 is 6.18 Å². The molecular formula is C14H13F3N6. The van der Waals surface area contributed by atoms with E-state index in [0.29, 0.717) is 30.1 Å². The minimum atomic E-state index is -4.36. The summed E-state index contributed by atoms with van der Waals surface area (Å²) in [5, 5.41) is 7.94. The molecule has 3 heterocycles. The summed E-state index contributed by atoms with van der Waals surface area (Å²) in [5.41, 5.74) is 0.350. The molecule has 0 saturated heterocycles. The molecule has 3 rings (SSSR count). The van der Waals surface area contributed by atoms with E-state index in [1.165, 1.54) is 12.5 Å². The van der Waals surface area contributed by atoms with E-state index in [0.717, 1.165) is 17.5 Å². The average Bonchev–Trinajstić information content (AvgIpc) is 2.89. The monoisotopic (exact) mass is 322 g/mol. The van der Waals surface area contributed by atoms with E-state index < -0.39 is 11.7 Å². The van der Waals surface area contributed by atoms with Gasteiger partial charge in [-0.2, -0.15) is 18.3 Å². The highest BCUT2D eigenvalue weighted by atomic mass is 19.4. The van der Waals surface area contributed by atoms with Crippen LogP contribution >= 0.6 is 0 Å². The number of nitrogens with zero attached hydrogens (tertiary/aromatic N) is 5. The average molecular weight is 322 g/mol. The van der Waals surface area contributed by atoms with Crippen LogP contribution in [0, 0.1) is 0 Å². The number of nitrogens with one attached hydrogen (secondary N) is 1. The van der Waals surface area contributed by atoms with Crippen molar-refractivity contribution in [1.82, 2.24) is 24.7 Å². The minimum Gasteiger partial charge on any atom is -0.369 e. The van der Waals surface area contributed by atoms with Gasteiger partial charge in [-0.15, -0.1) is 0 Å². The largest absolute Gasteiger partial charge is 0.416 e. The summed E-state index contributed by atoms with van der Waals surface area (Å²) < 4.78 is 39.6. The van der Waals surface area contributed by atoms with Crippen molar-refractivity contribution in [2.24, 2.45) is 7.05 Å². The highest BCUT2D eigenvalue weighted by Gasteiger charge is 2.30. The third-order valence-electron chi connectivity index (χ3n) is 3.35. The summed E-state index contributed by atoms with van der Waals surface area (Å²) in [5.74, 6) is 0.593. The topological polar surface area (TPSA) is 68.5 Å². The van der Waals surface area contributed by atoms with Gasteiger partial charge in [0.15, 0.2) is 5.65 Å². The molecular weight excluding hydrogens is 309 g/mol. The minimum absolute atomic E-state index is 0.343. The molecule has 0 fully saturated rings. The maximum absolute atomic E-state index is 12.7. The lowest BCUT2D eigenvalue weighted by Crippen LogP contribution is -2.10. The Balaban J connectivity index is 1.70. The van der Waals surface area contributed by atoms with Crippen LogP contribution in [0.15, 0.2) is 30.9 Å².